The van der Waals surface area contributed by atoms with Crippen molar-refractivity contribution in [2.75, 3.05) is 13.2 Å². The summed E-state index contributed by atoms with van der Waals surface area (Å²) in [6.45, 7) is 1.73. The molecule has 0 atom stereocenters. The number of hydrogen-bond donors (Lipinski definition) is 3. The molecule has 7 nitrogen and oxygen atoms in total. The van der Waals surface area contributed by atoms with Gasteiger partial charge in [0.2, 0.25) is 0 Å². The van der Waals surface area contributed by atoms with Gasteiger partial charge in [-0.05, 0) is 42.5 Å². The normalized spacial score (nSPS) is 15.8. The molecule has 0 saturated carbocycles. The lowest BCUT2D eigenvalue weighted by Gasteiger charge is -2.11. The van der Waals surface area contributed by atoms with Crippen molar-refractivity contribution in [2.24, 2.45) is 0 Å². The SMILES string of the molecule is CCOc1cc(C=C2SC(=N)NC2=O)ccc1OCC(=O)O. The van der Waals surface area contributed by atoms with Gasteiger partial charge >= 0.3 is 5.97 Å². The molecular weight excluding hydrogens is 308 g/mol. The van der Waals surface area contributed by atoms with Crippen molar-refractivity contribution >= 4 is 34.9 Å². The van der Waals surface area contributed by atoms with Crippen LogP contribution >= 0.6 is 11.8 Å². The van der Waals surface area contributed by atoms with Gasteiger partial charge < -0.3 is 19.9 Å². The molecule has 0 aromatic heterocycles. The summed E-state index contributed by atoms with van der Waals surface area (Å²) in [4.78, 5) is 22.6. The largest absolute Gasteiger partial charge is 0.490 e. The van der Waals surface area contributed by atoms with E-state index in [1.165, 1.54) is 0 Å². The second kappa shape index (κ2) is 6.99. The number of ether oxygens (including phenoxy) is 2. The van der Waals surface area contributed by atoms with Gasteiger partial charge in [-0.15, -0.1) is 0 Å². The number of thioether (sulfide) groups is 1. The molecule has 0 spiro atoms. The van der Waals surface area contributed by atoms with Gasteiger partial charge in [0.05, 0.1) is 11.5 Å². The standard InChI is InChI=1S/C14H14N2O5S/c1-2-20-10-5-8(3-4-9(10)21-7-12(17)18)6-11-13(19)16-14(15)22-11/h3-6H,2,7H2,1H3,(H,17,18)(H2,15,16,19). The zero-order valence-corrected chi connectivity index (χ0v) is 12.5. The van der Waals surface area contributed by atoms with Crippen molar-refractivity contribution in [2.45, 2.75) is 6.92 Å². The summed E-state index contributed by atoms with van der Waals surface area (Å²) in [5.41, 5.74) is 0.693. The molecule has 22 heavy (non-hydrogen) atoms. The fourth-order valence-electron chi connectivity index (χ4n) is 1.73. The molecule has 1 amide bonds. The molecule has 116 valence electrons. The number of amidine groups is 1. The molecule has 0 unspecified atom stereocenters. The van der Waals surface area contributed by atoms with Crippen LogP contribution in [0.2, 0.25) is 0 Å². The van der Waals surface area contributed by atoms with Crippen molar-refractivity contribution in [1.29, 1.82) is 5.41 Å². The van der Waals surface area contributed by atoms with E-state index in [1.807, 2.05) is 0 Å². The average molecular weight is 322 g/mol. The van der Waals surface area contributed by atoms with Gasteiger partial charge in [-0.3, -0.25) is 10.2 Å². The Morgan fingerprint density at radius 2 is 2.18 bits per heavy atom. The summed E-state index contributed by atoms with van der Waals surface area (Å²) in [6.07, 6.45) is 1.63. The van der Waals surface area contributed by atoms with Crippen molar-refractivity contribution in [3.8, 4) is 11.5 Å². The molecule has 0 aliphatic carbocycles. The fraction of sp³-hybridized carbons (Fsp3) is 0.214. The Hall–Kier alpha value is -2.48. The summed E-state index contributed by atoms with van der Waals surface area (Å²) < 4.78 is 10.6. The van der Waals surface area contributed by atoms with E-state index in [0.29, 0.717) is 28.6 Å². The maximum Gasteiger partial charge on any atom is 0.341 e. The van der Waals surface area contributed by atoms with E-state index in [2.05, 4.69) is 5.32 Å². The van der Waals surface area contributed by atoms with Crippen molar-refractivity contribution in [3.05, 3.63) is 28.7 Å². The first-order valence-corrected chi connectivity index (χ1v) is 7.22. The highest BCUT2D eigenvalue weighted by Gasteiger charge is 2.22. The molecule has 1 fully saturated rings. The summed E-state index contributed by atoms with van der Waals surface area (Å²) in [5.74, 6) is -0.676. The quantitative estimate of drug-likeness (QED) is 0.688. The predicted molar refractivity (Wildman–Crippen MR) is 82.2 cm³/mol. The Labute approximate surface area is 130 Å². The minimum absolute atomic E-state index is 0.0858. The molecular formula is C14H14N2O5S. The van der Waals surface area contributed by atoms with Crippen LogP contribution in [0.25, 0.3) is 6.08 Å². The van der Waals surface area contributed by atoms with E-state index in [-0.39, 0.29) is 11.1 Å². The first kappa shape index (κ1) is 15.9. The van der Waals surface area contributed by atoms with Crippen LogP contribution in [0.1, 0.15) is 12.5 Å². The highest BCUT2D eigenvalue weighted by atomic mass is 32.2. The number of carboxylic acids is 1. The molecule has 1 aromatic carbocycles. The molecule has 1 aliphatic heterocycles. The molecule has 0 bridgehead atoms. The van der Waals surface area contributed by atoms with Crippen LogP contribution in [0.15, 0.2) is 23.1 Å². The number of benzene rings is 1. The highest BCUT2D eigenvalue weighted by molar-refractivity contribution is 8.18. The number of carboxylic acid groups (broad SMARTS) is 1. The van der Waals surface area contributed by atoms with Crippen LogP contribution in [0.3, 0.4) is 0 Å². The summed E-state index contributed by atoms with van der Waals surface area (Å²) in [5, 5.41) is 18.5. The van der Waals surface area contributed by atoms with Gasteiger partial charge in [-0.2, -0.15) is 0 Å². The number of aliphatic carboxylic acids is 1. The monoisotopic (exact) mass is 322 g/mol. The number of nitrogens with one attached hydrogen (secondary N) is 2. The van der Waals surface area contributed by atoms with Crippen LogP contribution in [0.4, 0.5) is 0 Å². The molecule has 1 aromatic rings. The van der Waals surface area contributed by atoms with Gasteiger partial charge in [0.15, 0.2) is 23.3 Å². The van der Waals surface area contributed by atoms with Gasteiger partial charge in [0.25, 0.3) is 5.91 Å². The van der Waals surface area contributed by atoms with Gasteiger partial charge in [0, 0.05) is 0 Å². The lowest BCUT2D eigenvalue weighted by molar-refractivity contribution is -0.139. The zero-order chi connectivity index (χ0) is 16.1. The number of amides is 1. The summed E-state index contributed by atoms with van der Waals surface area (Å²) in [7, 11) is 0. The second-order valence-corrected chi connectivity index (χ2v) is 5.27. The van der Waals surface area contributed by atoms with Crippen molar-refractivity contribution < 1.29 is 24.2 Å². The smallest absolute Gasteiger partial charge is 0.341 e. The highest BCUT2D eigenvalue weighted by Crippen LogP contribution is 2.31. The molecule has 2 rings (SSSR count). The first-order valence-electron chi connectivity index (χ1n) is 6.40. The maximum atomic E-state index is 11.6. The third-order valence-corrected chi connectivity index (χ3v) is 3.41. The number of carbonyl (C=O) groups excluding carboxylic acids is 1. The third kappa shape index (κ3) is 4.01. The first-order chi connectivity index (χ1) is 10.5. The Morgan fingerprint density at radius 1 is 1.41 bits per heavy atom. The number of rotatable bonds is 6. The fourth-order valence-corrected chi connectivity index (χ4v) is 2.44. The van der Waals surface area contributed by atoms with E-state index < -0.39 is 12.6 Å². The minimum Gasteiger partial charge on any atom is -0.490 e. The minimum atomic E-state index is -1.08. The van der Waals surface area contributed by atoms with E-state index in [4.69, 9.17) is 20.0 Å². The van der Waals surface area contributed by atoms with Crippen LogP contribution in [-0.2, 0) is 9.59 Å². The molecule has 1 heterocycles. The molecule has 8 heteroatoms. The Balaban J connectivity index is 2.25. The van der Waals surface area contributed by atoms with E-state index in [9.17, 15) is 9.59 Å². The average Bonchev–Trinajstić information content (AvgIpc) is 2.76. The Bertz CT molecular complexity index is 657. The molecule has 3 N–H and O–H groups in total. The third-order valence-electron chi connectivity index (χ3n) is 2.58. The molecule has 0 radical (unpaired) electrons. The topological polar surface area (TPSA) is 109 Å². The van der Waals surface area contributed by atoms with Gasteiger partial charge in [-0.25, -0.2) is 4.79 Å². The van der Waals surface area contributed by atoms with Gasteiger partial charge in [-0.1, -0.05) is 6.07 Å². The van der Waals surface area contributed by atoms with E-state index in [0.717, 1.165) is 11.8 Å². The van der Waals surface area contributed by atoms with Crippen molar-refractivity contribution in [1.82, 2.24) is 5.32 Å². The Kier molecular flexibility index (Phi) is 5.05. The zero-order valence-electron chi connectivity index (χ0n) is 11.7. The second-order valence-electron chi connectivity index (χ2n) is 4.22. The van der Waals surface area contributed by atoms with E-state index >= 15 is 0 Å². The van der Waals surface area contributed by atoms with Gasteiger partial charge in [0.1, 0.15) is 0 Å². The maximum absolute atomic E-state index is 11.6. The lowest BCUT2D eigenvalue weighted by atomic mass is 10.2. The van der Waals surface area contributed by atoms with Crippen LogP contribution in [-0.4, -0.2) is 35.4 Å². The van der Waals surface area contributed by atoms with E-state index in [1.54, 1.807) is 31.2 Å². The summed E-state index contributed by atoms with van der Waals surface area (Å²) in [6, 6.07) is 4.93. The molecule has 1 saturated heterocycles. The van der Waals surface area contributed by atoms with Crippen LogP contribution in [0, 0.1) is 5.41 Å². The molecule has 1 aliphatic rings. The van der Waals surface area contributed by atoms with Crippen LogP contribution in [0.5, 0.6) is 11.5 Å². The number of hydrogen-bond acceptors (Lipinski definition) is 6. The lowest BCUT2D eigenvalue weighted by Crippen LogP contribution is -2.18. The Morgan fingerprint density at radius 3 is 2.77 bits per heavy atom. The van der Waals surface area contributed by atoms with Crippen LogP contribution < -0.4 is 14.8 Å². The number of carbonyl (C=O) groups is 2. The summed E-state index contributed by atoms with van der Waals surface area (Å²) >= 11 is 1.04. The predicted octanol–water partition coefficient (Wildman–Crippen LogP) is 1.69. The van der Waals surface area contributed by atoms with Crippen molar-refractivity contribution in [3.63, 3.8) is 0 Å².